The first kappa shape index (κ1) is 16.5. The van der Waals surface area contributed by atoms with Crippen LogP contribution in [0.5, 0.6) is 0 Å². The molecular formula is C14H21NO4S. The molecule has 0 unspecified atom stereocenters. The zero-order valence-corrected chi connectivity index (χ0v) is 13.1. The highest BCUT2D eigenvalue weighted by Gasteiger charge is 2.16. The van der Waals surface area contributed by atoms with Crippen molar-refractivity contribution in [2.45, 2.75) is 25.3 Å². The highest BCUT2D eigenvalue weighted by atomic mass is 32.2. The maximum absolute atomic E-state index is 12.0. The van der Waals surface area contributed by atoms with E-state index >= 15 is 0 Å². The molecule has 0 bridgehead atoms. The van der Waals surface area contributed by atoms with Crippen LogP contribution >= 0.6 is 0 Å². The van der Waals surface area contributed by atoms with E-state index in [1.807, 2.05) is 13.8 Å². The molecule has 0 aliphatic rings. The van der Waals surface area contributed by atoms with Crippen molar-refractivity contribution in [3.8, 4) is 0 Å². The van der Waals surface area contributed by atoms with Crippen LogP contribution in [0.25, 0.3) is 0 Å². The van der Waals surface area contributed by atoms with Crippen LogP contribution in [0, 0.1) is 5.92 Å². The Kier molecular flexibility index (Phi) is 5.56. The molecule has 5 nitrogen and oxygen atoms in total. The normalized spacial score (nSPS) is 11.4. The van der Waals surface area contributed by atoms with Crippen molar-refractivity contribution in [3.63, 3.8) is 0 Å². The number of benzene rings is 1. The highest BCUT2D eigenvalue weighted by Crippen LogP contribution is 2.15. The fourth-order valence-electron chi connectivity index (χ4n) is 1.60. The molecule has 1 aromatic carbocycles. The molecule has 112 valence electrons. The van der Waals surface area contributed by atoms with Gasteiger partial charge in [0.25, 0.3) is 0 Å². The van der Waals surface area contributed by atoms with Gasteiger partial charge in [0.05, 0.1) is 10.6 Å². The molecule has 0 spiro atoms. The van der Waals surface area contributed by atoms with Gasteiger partial charge in [-0.2, -0.15) is 0 Å². The SMILES string of the molecule is CC(C)CS(=O)(=O)c1ccc(COC(=O)N(C)C)cc1. The lowest BCUT2D eigenvalue weighted by Gasteiger charge is -2.11. The number of carbonyl (C=O) groups excluding carboxylic acids is 1. The van der Waals surface area contributed by atoms with Gasteiger partial charge in [0, 0.05) is 14.1 Å². The van der Waals surface area contributed by atoms with Crippen molar-refractivity contribution in [1.82, 2.24) is 4.90 Å². The van der Waals surface area contributed by atoms with Gasteiger partial charge in [0.1, 0.15) is 6.61 Å². The van der Waals surface area contributed by atoms with E-state index in [-0.39, 0.29) is 18.3 Å². The summed E-state index contributed by atoms with van der Waals surface area (Å²) in [5.74, 6) is 0.211. The van der Waals surface area contributed by atoms with Gasteiger partial charge in [-0.15, -0.1) is 0 Å². The summed E-state index contributed by atoms with van der Waals surface area (Å²) >= 11 is 0. The molecule has 0 saturated heterocycles. The second-order valence-corrected chi connectivity index (χ2v) is 7.30. The standard InChI is InChI=1S/C14H21NO4S/c1-11(2)10-20(17,18)13-7-5-12(6-8-13)9-19-14(16)15(3)4/h5-8,11H,9-10H2,1-4H3. The Morgan fingerprint density at radius 3 is 2.20 bits per heavy atom. The smallest absolute Gasteiger partial charge is 0.409 e. The van der Waals surface area contributed by atoms with Crippen molar-refractivity contribution in [2.24, 2.45) is 5.92 Å². The van der Waals surface area contributed by atoms with Crippen molar-refractivity contribution < 1.29 is 17.9 Å². The Morgan fingerprint density at radius 1 is 1.20 bits per heavy atom. The maximum atomic E-state index is 12.0. The Hall–Kier alpha value is -1.56. The van der Waals surface area contributed by atoms with Gasteiger partial charge < -0.3 is 9.64 Å². The molecule has 0 radical (unpaired) electrons. The lowest BCUT2D eigenvalue weighted by molar-refractivity contribution is 0.112. The first-order valence-electron chi connectivity index (χ1n) is 6.38. The van der Waals surface area contributed by atoms with Crippen molar-refractivity contribution >= 4 is 15.9 Å². The first-order valence-corrected chi connectivity index (χ1v) is 8.03. The van der Waals surface area contributed by atoms with Gasteiger partial charge in [0.2, 0.25) is 0 Å². The van der Waals surface area contributed by atoms with E-state index in [4.69, 9.17) is 4.74 Å². The van der Waals surface area contributed by atoms with Gasteiger partial charge in [-0.05, 0) is 23.6 Å². The van der Waals surface area contributed by atoms with E-state index in [9.17, 15) is 13.2 Å². The summed E-state index contributed by atoms with van der Waals surface area (Å²) in [5, 5.41) is 0. The zero-order chi connectivity index (χ0) is 15.3. The van der Waals surface area contributed by atoms with Gasteiger partial charge in [-0.3, -0.25) is 0 Å². The average molecular weight is 299 g/mol. The fraction of sp³-hybridized carbons (Fsp3) is 0.500. The summed E-state index contributed by atoms with van der Waals surface area (Å²) in [5.41, 5.74) is 0.753. The Morgan fingerprint density at radius 2 is 1.75 bits per heavy atom. The predicted octanol–water partition coefficient (Wildman–Crippen LogP) is 2.31. The molecule has 6 heteroatoms. The molecule has 0 N–H and O–H groups in total. The summed E-state index contributed by atoms with van der Waals surface area (Å²) in [7, 11) is -0.0348. The minimum Gasteiger partial charge on any atom is -0.445 e. The van der Waals surface area contributed by atoms with Crippen LogP contribution in [0.1, 0.15) is 19.4 Å². The van der Waals surface area contributed by atoms with Crippen LogP contribution in [0.2, 0.25) is 0 Å². The predicted molar refractivity (Wildman–Crippen MR) is 77.2 cm³/mol. The third-order valence-electron chi connectivity index (χ3n) is 2.56. The fourth-order valence-corrected chi connectivity index (χ4v) is 3.22. The van der Waals surface area contributed by atoms with Crippen LogP contribution in [-0.4, -0.2) is 39.3 Å². The van der Waals surface area contributed by atoms with E-state index < -0.39 is 15.9 Å². The number of carbonyl (C=O) groups is 1. The molecule has 0 heterocycles. The number of amides is 1. The lowest BCUT2D eigenvalue weighted by Crippen LogP contribution is -2.22. The Bertz CT molecular complexity index is 547. The molecule has 1 aromatic rings. The Labute approximate surface area is 120 Å². The minimum absolute atomic E-state index is 0.0840. The van der Waals surface area contributed by atoms with Gasteiger partial charge in [-0.1, -0.05) is 26.0 Å². The molecule has 1 amide bonds. The molecule has 20 heavy (non-hydrogen) atoms. The van der Waals surface area contributed by atoms with Gasteiger partial charge in [-0.25, -0.2) is 13.2 Å². The molecular weight excluding hydrogens is 278 g/mol. The second-order valence-electron chi connectivity index (χ2n) is 5.27. The number of rotatable bonds is 5. The average Bonchev–Trinajstić information content (AvgIpc) is 2.34. The third kappa shape index (κ3) is 4.85. The van der Waals surface area contributed by atoms with E-state index in [0.717, 1.165) is 5.56 Å². The second kappa shape index (κ2) is 6.74. The number of sulfone groups is 1. The van der Waals surface area contributed by atoms with Crippen molar-refractivity contribution in [3.05, 3.63) is 29.8 Å². The first-order chi connectivity index (χ1) is 9.22. The molecule has 1 rings (SSSR count). The molecule has 0 aliphatic carbocycles. The molecule has 0 saturated carbocycles. The largest absolute Gasteiger partial charge is 0.445 e. The quantitative estimate of drug-likeness (QED) is 0.837. The van der Waals surface area contributed by atoms with Gasteiger partial charge in [0.15, 0.2) is 9.84 Å². The Balaban J connectivity index is 2.72. The summed E-state index contributed by atoms with van der Waals surface area (Å²) in [6.07, 6.45) is -0.429. The van der Waals surface area contributed by atoms with Crippen molar-refractivity contribution in [1.29, 1.82) is 0 Å². The highest BCUT2D eigenvalue weighted by molar-refractivity contribution is 7.91. The van der Waals surface area contributed by atoms with E-state index in [1.165, 1.54) is 4.90 Å². The maximum Gasteiger partial charge on any atom is 0.409 e. The minimum atomic E-state index is -3.24. The number of nitrogens with zero attached hydrogens (tertiary/aromatic N) is 1. The summed E-state index contributed by atoms with van der Waals surface area (Å²) < 4.78 is 29.1. The summed E-state index contributed by atoms with van der Waals surface area (Å²) in [6.45, 7) is 3.86. The van der Waals surface area contributed by atoms with E-state index in [0.29, 0.717) is 4.90 Å². The molecule has 0 aromatic heterocycles. The number of hydrogen-bond donors (Lipinski definition) is 0. The van der Waals surface area contributed by atoms with Crippen LogP contribution in [0.15, 0.2) is 29.2 Å². The lowest BCUT2D eigenvalue weighted by atomic mass is 10.2. The summed E-state index contributed by atoms with van der Waals surface area (Å²) in [4.78, 5) is 12.9. The monoisotopic (exact) mass is 299 g/mol. The molecule has 0 aliphatic heterocycles. The molecule has 0 fully saturated rings. The van der Waals surface area contributed by atoms with Crippen LogP contribution in [0.4, 0.5) is 4.79 Å². The zero-order valence-electron chi connectivity index (χ0n) is 12.3. The van der Waals surface area contributed by atoms with Crippen LogP contribution < -0.4 is 0 Å². The molecule has 0 atom stereocenters. The third-order valence-corrected chi connectivity index (χ3v) is 4.66. The van der Waals surface area contributed by atoms with E-state index in [2.05, 4.69) is 0 Å². The number of hydrogen-bond acceptors (Lipinski definition) is 4. The van der Waals surface area contributed by atoms with Gasteiger partial charge >= 0.3 is 6.09 Å². The number of ether oxygens (including phenoxy) is 1. The van der Waals surface area contributed by atoms with E-state index in [1.54, 1.807) is 38.4 Å². The van der Waals surface area contributed by atoms with Crippen molar-refractivity contribution in [2.75, 3.05) is 19.8 Å². The van der Waals surface area contributed by atoms with Crippen LogP contribution in [0.3, 0.4) is 0 Å². The van der Waals surface area contributed by atoms with Crippen LogP contribution in [-0.2, 0) is 21.2 Å². The summed E-state index contributed by atoms with van der Waals surface area (Å²) in [6, 6.07) is 6.43. The topological polar surface area (TPSA) is 63.7 Å².